The van der Waals surface area contributed by atoms with Gasteiger partial charge in [-0.25, -0.2) is 15.0 Å². The molecule has 0 bridgehead atoms. The third kappa shape index (κ3) is 6.17. The van der Waals surface area contributed by atoms with E-state index in [9.17, 15) is 0 Å². The van der Waals surface area contributed by atoms with Gasteiger partial charge >= 0.3 is 0 Å². The zero-order chi connectivity index (χ0) is 37.3. The number of hydrogen-bond donors (Lipinski definition) is 0. The van der Waals surface area contributed by atoms with Crippen LogP contribution in [0.3, 0.4) is 0 Å². The minimum atomic E-state index is 0.637. The summed E-state index contributed by atoms with van der Waals surface area (Å²) in [7, 11) is 0. The van der Waals surface area contributed by atoms with E-state index < -0.39 is 0 Å². The zero-order valence-corrected chi connectivity index (χ0v) is 30.4. The Morgan fingerprint density at radius 1 is 0.304 bits per heavy atom. The maximum absolute atomic E-state index is 4.94. The van der Waals surface area contributed by atoms with Crippen LogP contribution >= 0.6 is 0 Å². The predicted octanol–water partition coefficient (Wildman–Crippen LogP) is 13.1. The molecule has 0 atom stereocenters. The van der Waals surface area contributed by atoms with Crippen LogP contribution in [0.1, 0.15) is 0 Å². The zero-order valence-electron chi connectivity index (χ0n) is 30.4. The second-order valence-corrected chi connectivity index (χ2v) is 13.7. The second kappa shape index (κ2) is 14.3. The third-order valence-electron chi connectivity index (χ3n) is 10.2. The van der Waals surface area contributed by atoms with E-state index in [1.807, 2.05) is 60.7 Å². The molecular formula is C51H35N5. The van der Waals surface area contributed by atoms with Gasteiger partial charge in [-0.2, -0.15) is 0 Å². The van der Waals surface area contributed by atoms with Gasteiger partial charge in [-0.05, 0) is 90.0 Å². The largest absolute Gasteiger partial charge is 0.311 e. The molecule has 0 aliphatic heterocycles. The van der Waals surface area contributed by atoms with E-state index in [0.29, 0.717) is 17.5 Å². The summed E-state index contributed by atoms with van der Waals surface area (Å²) in [5, 5.41) is 2.42. The van der Waals surface area contributed by atoms with Crippen molar-refractivity contribution in [1.82, 2.24) is 19.5 Å². The van der Waals surface area contributed by atoms with Gasteiger partial charge in [0.2, 0.25) is 0 Å². The summed E-state index contributed by atoms with van der Waals surface area (Å²) in [6.45, 7) is 0. The summed E-state index contributed by atoms with van der Waals surface area (Å²) >= 11 is 0. The molecular weight excluding hydrogens is 683 g/mol. The molecule has 2 aromatic heterocycles. The molecule has 0 spiro atoms. The Morgan fingerprint density at radius 2 is 0.714 bits per heavy atom. The predicted molar refractivity (Wildman–Crippen MR) is 231 cm³/mol. The molecule has 0 aliphatic rings. The summed E-state index contributed by atoms with van der Waals surface area (Å²) in [4.78, 5) is 17.0. The van der Waals surface area contributed by atoms with Crippen molar-refractivity contribution >= 4 is 38.9 Å². The molecule has 5 nitrogen and oxygen atoms in total. The van der Waals surface area contributed by atoms with Gasteiger partial charge in [-0.1, -0.05) is 133 Å². The first-order valence-electron chi connectivity index (χ1n) is 18.8. The van der Waals surface area contributed by atoms with Crippen LogP contribution in [0.15, 0.2) is 212 Å². The highest BCUT2D eigenvalue weighted by Crippen LogP contribution is 2.38. The van der Waals surface area contributed by atoms with Crippen molar-refractivity contribution in [3.63, 3.8) is 0 Å². The van der Waals surface area contributed by atoms with Crippen molar-refractivity contribution in [2.24, 2.45) is 0 Å². The van der Waals surface area contributed by atoms with Crippen LogP contribution in [0.25, 0.3) is 72.8 Å². The van der Waals surface area contributed by atoms with Crippen molar-refractivity contribution in [3.05, 3.63) is 212 Å². The monoisotopic (exact) mass is 717 g/mol. The van der Waals surface area contributed by atoms with Crippen molar-refractivity contribution in [2.75, 3.05) is 4.90 Å². The molecule has 5 heteroatoms. The van der Waals surface area contributed by atoms with Crippen LogP contribution in [-0.4, -0.2) is 19.5 Å². The number of benzene rings is 8. The van der Waals surface area contributed by atoms with Crippen LogP contribution in [-0.2, 0) is 0 Å². The Kier molecular flexibility index (Phi) is 8.43. The molecule has 0 saturated carbocycles. The Morgan fingerprint density at radius 3 is 1.27 bits per heavy atom. The number of anilines is 3. The first-order chi connectivity index (χ1) is 27.8. The van der Waals surface area contributed by atoms with Crippen molar-refractivity contribution < 1.29 is 0 Å². The van der Waals surface area contributed by atoms with Crippen LogP contribution in [0, 0.1) is 0 Å². The van der Waals surface area contributed by atoms with Gasteiger partial charge in [-0.15, -0.1) is 0 Å². The molecule has 0 unspecified atom stereocenters. The Labute approximate surface area is 325 Å². The average molecular weight is 718 g/mol. The molecule has 0 aliphatic carbocycles. The van der Waals surface area contributed by atoms with Gasteiger partial charge in [-0.3, -0.25) is 0 Å². The fourth-order valence-electron chi connectivity index (χ4n) is 7.53. The number of nitrogens with zero attached hydrogens (tertiary/aromatic N) is 5. The van der Waals surface area contributed by atoms with Gasteiger partial charge < -0.3 is 9.47 Å². The normalized spacial score (nSPS) is 11.2. The molecule has 0 fully saturated rings. The highest BCUT2D eigenvalue weighted by Gasteiger charge is 2.17. The quantitative estimate of drug-likeness (QED) is 0.157. The molecule has 0 amide bonds. The molecule has 8 aromatic carbocycles. The van der Waals surface area contributed by atoms with E-state index in [1.165, 1.54) is 21.9 Å². The van der Waals surface area contributed by atoms with Crippen LogP contribution in [0.2, 0.25) is 0 Å². The SMILES string of the molecule is c1ccc(-c2nc(-c3ccccc3)nc(-c3ccc(-n4c5ccccc5c5cc(-c6ccc(N(c7ccccc7)c7ccccc7)cc6)ccc54)cc3)n2)cc1. The maximum Gasteiger partial charge on any atom is 0.164 e. The fraction of sp³-hybridized carbons (Fsp3) is 0. The van der Waals surface area contributed by atoms with Crippen LogP contribution in [0.5, 0.6) is 0 Å². The van der Waals surface area contributed by atoms with Crippen molar-refractivity contribution in [3.8, 4) is 51.0 Å². The van der Waals surface area contributed by atoms with Crippen molar-refractivity contribution in [1.29, 1.82) is 0 Å². The van der Waals surface area contributed by atoms with Gasteiger partial charge in [0, 0.05) is 50.2 Å². The smallest absolute Gasteiger partial charge is 0.164 e. The topological polar surface area (TPSA) is 46.8 Å². The molecule has 10 aromatic rings. The molecule has 0 radical (unpaired) electrons. The van der Waals surface area contributed by atoms with Gasteiger partial charge in [0.1, 0.15) is 0 Å². The van der Waals surface area contributed by atoms with E-state index in [-0.39, 0.29) is 0 Å². The average Bonchev–Trinajstić information content (AvgIpc) is 3.62. The highest BCUT2D eigenvalue weighted by atomic mass is 15.1. The number of aromatic nitrogens is 4. The standard InChI is InChI=1S/C51H35N5/c1-5-15-37(16-6-1)49-52-50(38-17-7-2-8-18-38)54-51(53-49)39-27-32-44(33-28-39)56-47-24-14-13-23-45(47)46-35-40(29-34-48(46)56)36-25-30-43(31-26-36)55(41-19-9-3-10-20-41)42-21-11-4-12-22-42/h1-35H. The highest BCUT2D eigenvalue weighted by molar-refractivity contribution is 6.10. The minimum Gasteiger partial charge on any atom is -0.311 e. The van der Waals surface area contributed by atoms with E-state index in [2.05, 4.69) is 161 Å². The molecule has 10 rings (SSSR count). The van der Waals surface area contributed by atoms with Gasteiger partial charge in [0.15, 0.2) is 17.5 Å². The molecule has 0 saturated heterocycles. The molecule has 264 valence electrons. The third-order valence-corrected chi connectivity index (χ3v) is 10.2. The minimum absolute atomic E-state index is 0.637. The first kappa shape index (κ1) is 33.0. The van der Waals surface area contributed by atoms with Crippen LogP contribution < -0.4 is 4.90 Å². The summed E-state index contributed by atoms with van der Waals surface area (Å²) in [5.74, 6) is 1.94. The van der Waals surface area contributed by atoms with Crippen molar-refractivity contribution in [2.45, 2.75) is 0 Å². The molecule has 0 N–H and O–H groups in total. The van der Waals surface area contributed by atoms with Gasteiger partial charge in [0.25, 0.3) is 0 Å². The second-order valence-electron chi connectivity index (χ2n) is 13.7. The van der Waals surface area contributed by atoms with Gasteiger partial charge in [0.05, 0.1) is 11.0 Å². The number of rotatable bonds is 8. The molecule has 56 heavy (non-hydrogen) atoms. The van der Waals surface area contributed by atoms with E-state index in [1.54, 1.807) is 0 Å². The lowest BCUT2D eigenvalue weighted by Crippen LogP contribution is -2.09. The summed E-state index contributed by atoms with van der Waals surface area (Å²) in [5.41, 5.74) is 11.9. The molecule has 2 heterocycles. The number of para-hydroxylation sites is 3. The Balaban J connectivity index is 1.01. The first-order valence-corrected chi connectivity index (χ1v) is 18.8. The number of hydrogen-bond acceptors (Lipinski definition) is 4. The fourth-order valence-corrected chi connectivity index (χ4v) is 7.53. The summed E-state index contributed by atoms with van der Waals surface area (Å²) in [6.07, 6.45) is 0. The van der Waals surface area contributed by atoms with Crippen LogP contribution in [0.4, 0.5) is 17.1 Å². The number of fused-ring (bicyclic) bond motifs is 3. The lowest BCUT2D eigenvalue weighted by molar-refractivity contribution is 1.07. The Hall–Kier alpha value is -7.63. The maximum atomic E-state index is 4.94. The lowest BCUT2D eigenvalue weighted by atomic mass is 10.0. The summed E-state index contributed by atoms with van der Waals surface area (Å²) in [6, 6.07) is 74.0. The van der Waals surface area contributed by atoms with E-state index in [0.717, 1.165) is 50.5 Å². The van der Waals surface area contributed by atoms with E-state index >= 15 is 0 Å². The Bertz CT molecular complexity index is 2830. The summed E-state index contributed by atoms with van der Waals surface area (Å²) < 4.78 is 2.34. The lowest BCUT2D eigenvalue weighted by Gasteiger charge is -2.25. The van der Waals surface area contributed by atoms with E-state index in [4.69, 9.17) is 15.0 Å².